The zero-order valence-corrected chi connectivity index (χ0v) is 16.2. The molecule has 1 aliphatic rings. The molecule has 0 aliphatic heterocycles. The molecule has 27 heavy (non-hydrogen) atoms. The minimum atomic E-state index is 0.109. The largest absolute Gasteiger partial charge is 0.353 e. The molecule has 1 amide bonds. The predicted molar refractivity (Wildman–Crippen MR) is 108 cm³/mol. The number of carbonyl (C=O) groups is 1. The molecule has 5 nitrogen and oxygen atoms in total. The molecule has 1 saturated carbocycles. The first kappa shape index (κ1) is 17.7. The molecule has 1 aliphatic carbocycles. The fraction of sp³-hybridized carbons (Fsp3) is 0.409. The minimum absolute atomic E-state index is 0.109. The number of pyridine rings is 1. The third-order valence-electron chi connectivity index (χ3n) is 5.20. The molecular weight excluding hydrogens is 336 g/mol. The van der Waals surface area contributed by atoms with Gasteiger partial charge in [-0.1, -0.05) is 13.0 Å². The van der Waals surface area contributed by atoms with E-state index in [9.17, 15) is 4.79 Å². The Bertz CT molecular complexity index is 1000. The standard InChI is InChI=1S/C22H26N4O/c1-4-9-26-15(3)19(13-23-26)21-10-14(2)18-11-16(5-8-20(18)25-21)12-22(27)24-17-6-7-17/h5,8,10-11,13,17H,4,6-7,9,12H2,1-3H3,(H,24,27). The molecule has 2 heterocycles. The number of amides is 1. The number of aromatic nitrogens is 3. The van der Waals surface area contributed by atoms with Gasteiger partial charge in [0.25, 0.3) is 0 Å². The Kier molecular flexibility index (Phi) is 4.68. The molecule has 0 spiro atoms. The van der Waals surface area contributed by atoms with Crippen molar-refractivity contribution in [1.82, 2.24) is 20.1 Å². The lowest BCUT2D eigenvalue weighted by Crippen LogP contribution is -2.26. The fourth-order valence-electron chi connectivity index (χ4n) is 3.52. The van der Waals surface area contributed by atoms with Crippen LogP contribution in [0.1, 0.15) is 43.0 Å². The van der Waals surface area contributed by atoms with Gasteiger partial charge in [-0.15, -0.1) is 0 Å². The Hall–Kier alpha value is -2.69. The summed E-state index contributed by atoms with van der Waals surface area (Å²) in [6.45, 7) is 7.28. The fourth-order valence-corrected chi connectivity index (χ4v) is 3.52. The van der Waals surface area contributed by atoms with Gasteiger partial charge in [0.15, 0.2) is 0 Å². The van der Waals surface area contributed by atoms with Crippen molar-refractivity contribution in [2.24, 2.45) is 0 Å². The molecule has 1 N–H and O–H groups in total. The number of carbonyl (C=O) groups excluding carboxylic acids is 1. The zero-order valence-electron chi connectivity index (χ0n) is 16.2. The first-order valence-electron chi connectivity index (χ1n) is 9.77. The second-order valence-electron chi connectivity index (χ2n) is 7.56. The average Bonchev–Trinajstić information content (AvgIpc) is 3.37. The lowest BCUT2D eigenvalue weighted by atomic mass is 10.0. The maximum Gasteiger partial charge on any atom is 0.224 e. The van der Waals surface area contributed by atoms with Crippen molar-refractivity contribution in [1.29, 1.82) is 0 Å². The molecular formula is C22H26N4O. The molecule has 140 valence electrons. The number of hydrogen-bond donors (Lipinski definition) is 1. The first-order valence-corrected chi connectivity index (χ1v) is 9.77. The van der Waals surface area contributed by atoms with Crippen molar-refractivity contribution < 1.29 is 4.79 Å². The van der Waals surface area contributed by atoms with E-state index in [1.165, 1.54) is 5.56 Å². The Labute approximate surface area is 159 Å². The minimum Gasteiger partial charge on any atom is -0.353 e. The van der Waals surface area contributed by atoms with E-state index < -0.39 is 0 Å². The number of hydrogen-bond acceptors (Lipinski definition) is 3. The summed E-state index contributed by atoms with van der Waals surface area (Å²) in [5.41, 5.74) is 6.35. The van der Waals surface area contributed by atoms with E-state index >= 15 is 0 Å². The zero-order chi connectivity index (χ0) is 19.0. The van der Waals surface area contributed by atoms with Crippen LogP contribution in [0.2, 0.25) is 0 Å². The van der Waals surface area contributed by atoms with E-state index in [1.807, 2.05) is 23.0 Å². The highest BCUT2D eigenvalue weighted by Gasteiger charge is 2.23. The lowest BCUT2D eigenvalue weighted by molar-refractivity contribution is -0.120. The molecule has 1 fully saturated rings. The van der Waals surface area contributed by atoms with Gasteiger partial charge in [-0.25, -0.2) is 4.98 Å². The SMILES string of the molecule is CCCn1ncc(-c2cc(C)c3cc(CC(=O)NC4CC4)ccc3n2)c1C. The Morgan fingerprint density at radius 2 is 2.07 bits per heavy atom. The third-order valence-corrected chi connectivity index (χ3v) is 5.20. The number of aryl methyl sites for hydroxylation is 2. The number of benzene rings is 1. The molecule has 4 rings (SSSR count). The number of nitrogens with zero attached hydrogens (tertiary/aromatic N) is 3. The van der Waals surface area contributed by atoms with Gasteiger partial charge >= 0.3 is 0 Å². The van der Waals surface area contributed by atoms with Crippen LogP contribution in [0, 0.1) is 13.8 Å². The van der Waals surface area contributed by atoms with Crippen molar-refractivity contribution in [3.63, 3.8) is 0 Å². The Morgan fingerprint density at radius 3 is 2.81 bits per heavy atom. The monoisotopic (exact) mass is 362 g/mol. The molecule has 0 unspecified atom stereocenters. The smallest absolute Gasteiger partial charge is 0.224 e. The second kappa shape index (κ2) is 7.14. The van der Waals surface area contributed by atoms with Crippen molar-refractivity contribution >= 4 is 16.8 Å². The normalized spacial score (nSPS) is 13.9. The molecule has 0 bridgehead atoms. The number of fused-ring (bicyclic) bond motifs is 1. The summed E-state index contributed by atoms with van der Waals surface area (Å²) in [4.78, 5) is 16.9. The van der Waals surface area contributed by atoms with Gasteiger partial charge in [0, 0.05) is 29.2 Å². The maximum absolute atomic E-state index is 12.1. The van der Waals surface area contributed by atoms with Gasteiger partial charge in [0.2, 0.25) is 5.91 Å². The van der Waals surface area contributed by atoms with E-state index in [0.29, 0.717) is 12.5 Å². The van der Waals surface area contributed by atoms with E-state index in [0.717, 1.165) is 59.2 Å². The molecule has 5 heteroatoms. The predicted octanol–water partition coefficient (Wildman–Crippen LogP) is 3.95. The lowest BCUT2D eigenvalue weighted by Gasteiger charge is -2.09. The Balaban J connectivity index is 1.63. The van der Waals surface area contributed by atoms with Gasteiger partial charge in [0.05, 0.1) is 23.8 Å². The molecule has 2 aromatic heterocycles. The molecule has 3 aromatic rings. The van der Waals surface area contributed by atoms with E-state index in [2.05, 4.69) is 43.3 Å². The van der Waals surface area contributed by atoms with Crippen molar-refractivity contribution in [2.75, 3.05) is 0 Å². The quantitative estimate of drug-likeness (QED) is 0.722. The van der Waals surface area contributed by atoms with Crippen LogP contribution in [0.15, 0.2) is 30.5 Å². The summed E-state index contributed by atoms with van der Waals surface area (Å²) in [6.07, 6.45) is 5.63. The molecule has 0 atom stereocenters. The van der Waals surface area contributed by atoms with Crippen LogP contribution >= 0.6 is 0 Å². The summed E-state index contributed by atoms with van der Waals surface area (Å²) in [6, 6.07) is 8.66. The topological polar surface area (TPSA) is 59.8 Å². The summed E-state index contributed by atoms with van der Waals surface area (Å²) < 4.78 is 2.04. The highest BCUT2D eigenvalue weighted by molar-refractivity contribution is 5.87. The van der Waals surface area contributed by atoms with Crippen molar-refractivity contribution in [3.8, 4) is 11.3 Å². The van der Waals surface area contributed by atoms with Crippen molar-refractivity contribution in [3.05, 3.63) is 47.3 Å². The Morgan fingerprint density at radius 1 is 1.26 bits per heavy atom. The molecule has 1 aromatic carbocycles. The van der Waals surface area contributed by atoms with Gasteiger partial charge < -0.3 is 5.32 Å². The van der Waals surface area contributed by atoms with Crippen molar-refractivity contribution in [2.45, 2.75) is 59.0 Å². The average molecular weight is 362 g/mol. The summed E-state index contributed by atoms with van der Waals surface area (Å²) in [7, 11) is 0. The second-order valence-corrected chi connectivity index (χ2v) is 7.56. The van der Waals surface area contributed by atoms with Crippen LogP contribution in [-0.2, 0) is 17.8 Å². The van der Waals surface area contributed by atoms with Crippen LogP contribution in [-0.4, -0.2) is 26.7 Å². The third kappa shape index (κ3) is 3.72. The van der Waals surface area contributed by atoms with Gasteiger partial charge in [-0.05, 0) is 62.4 Å². The highest BCUT2D eigenvalue weighted by atomic mass is 16.1. The number of rotatable bonds is 6. The van der Waals surface area contributed by atoms with Gasteiger partial charge in [-0.3, -0.25) is 9.48 Å². The highest BCUT2D eigenvalue weighted by Crippen LogP contribution is 2.27. The van der Waals surface area contributed by atoms with Gasteiger partial charge in [-0.2, -0.15) is 5.10 Å². The maximum atomic E-state index is 12.1. The van der Waals surface area contributed by atoms with Gasteiger partial charge in [0.1, 0.15) is 0 Å². The van der Waals surface area contributed by atoms with E-state index in [-0.39, 0.29) is 5.91 Å². The van der Waals surface area contributed by atoms with Crippen LogP contribution in [0.4, 0.5) is 0 Å². The van der Waals surface area contributed by atoms with Crippen LogP contribution in [0.3, 0.4) is 0 Å². The van der Waals surface area contributed by atoms with Crippen LogP contribution in [0.5, 0.6) is 0 Å². The first-order chi connectivity index (χ1) is 13.0. The summed E-state index contributed by atoms with van der Waals surface area (Å²) >= 11 is 0. The number of nitrogens with one attached hydrogen (secondary N) is 1. The summed E-state index contributed by atoms with van der Waals surface area (Å²) in [5, 5.41) is 8.66. The van der Waals surface area contributed by atoms with Crippen LogP contribution in [0.25, 0.3) is 22.2 Å². The van der Waals surface area contributed by atoms with E-state index in [4.69, 9.17) is 4.98 Å². The van der Waals surface area contributed by atoms with E-state index in [1.54, 1.807) is 0 Å². The van der Waals surface area contributed by atoms with Crippen LogP contribution < -0.4 is 5.32 Å². The molecule has 0 radical (unpaired) electrons. The molecule has 0 saturated heterocycles. The summed E-state index contributed by atoms with van der Waals surface area (Å²) in [5.74, 6) is 0.109.